The molecule has 0 bridgehead atoms. The standard InChI is InChI=1S/C18H15N3O9/c1-9(30-21(26)27)7-28-17(22)14-10(2)19-13-8-29-18(23)16(13)15(14)11-4-3-5-12(6-11)20(24)25/h3-6,9H,7-8H2,1-2H3. The summed E-state index contributed by atoms with van der Waals surface area (Å²) in [5.74, 6) is -1.64. The van der Waals surface area contributed by atoms with E-state index in [1.54, 1.807) is 0 Å². The second kappa shape index (κ2) is 8.11. The number of non-ortho nitro benzene ring substituents is 1. The fourth-order valence-corrected chi connectivity index (χ4v) is 3.05. The van der Waals surface area contributed by atoms with E-state index in [-0.39, 0.29) is 40.2 Å². The number of esters is 2. The number of aromatic nitrogens is 1. The molecule has 0 N–H and O–H groups in total. The maximum Gasteiger partial charge on any atom is 0.341 e. The van der Waals surface area contributed by atoms with Crippen molar-refractivity contribution in [3.63, 3.8) is 0 Å². The van der Waals surface area contributed by atoms with E-state index in [4.69, 9.17) is 9.47 Å². The Balaban J connectivity index is 2.10. The number of ether oxygens (including phenoxy) is 2. The zero-order chi connectivity index (χ0) is 22.0. The van der Waals surface area contributed by atoms with Gasteiger partial charge in [0.05, 0.1) is 27.4 Å². The normalized spacial score (nSPS) is 13.2. The molecule has 0 radical (unpaired) electrons. The minimum absolute atomic E-state index is 0.0163. The van der Waals surface area contributed by atoms with Crippen LogP contribution < -0.4 is 0 Å². The predicted octanol–water partition coefficient (Wildman–Crippen LogP) is 2.39. The lowest BCUT2D eigenvalue weighted by Crippen LogP contribution is -2.23. The molecular formula is C18H15N3O9. The number of nitrogens with zero attached hydrogens (tertiary/aromatic N) is 3. The lowest BCUT2D eigenvalue weighted by molar-refractivity contribution is -0.767. The minimum Gasteiger partial charge on any atom is -0.460 e. The molecule has 1 aliphatic rings. The first-order valence-corrected chi connectivity index (χ1v) is 8.62. The van der Waals surface area contributed by atoms with Crippen LogP contribution in [0.4, 0.5) is 5.69 Å². The largest absolute Gasteiger partial charge is 0.460 e. The Kier molecular flexibility index (Phi) is 5.58. The maximum absolute atomic E-state index is 12.8. The highest BCUT2D eigenvalue weighted by Crippen LogP contribution is 2.36. The van der Waals surface area contributed by atoms with Crippen LogP contribution in [0.5, 0.6) is 0 Å². The highest BCUT2D eigenvalue weighted by Gasteiger charge is 2.33. The second-order valence-electron chi connectivity index (χ2n) is 6.39. The smallest absolute Gasteiger partial charge is 0.341 e. The third-order valence-electron chi connectivity index (χ3n) is 4.26. The number of nitro benzene ring substituents is 1. The van der Waals surface area contributed by atoms with Gasteiger partial charge >= 0.3 is 11.9 Å². The van der Waals surface area contributed by atoms with Gasteiger partial charge in [0.15, 0.2) is 0 Å². The van der Waals surface area contributed by atoms with Gasteiger partial charge in [-0.15, -0.1) is 10.1 Å². The van der Waals surface area contributed by atoms with Gasteiger partial charge < -0.3 is 14.3 Å². The molecule has 1 aromatic heterocycles. The Morgan fingerprint density at radius 3 is 2.70 bits per heavy atom. The molecule has 2 aromatic rings. The Morgan fingerprint density at radius 2 is 2.03 bits per heavy atom. The van der Waals surface area contributed by atoms with E-state index in [9.17, 15) is 29.8 Å². The first-order chi connectivity index (χ1) is 14.2. The summed E-state index contributed by atoms with van der Waals surface area (Å²) in [5, 5.41) is 20.6. The van der Waals surface area contributed by atoms with E-state index in [1.165, 1.54) is 38.1 Å². The van der Waals surface area contributed by atoms with Crippen molar-refractivity contribution in [3.05, 3.63) is 67.0 Å². The van der Waals surface area contributed by atoms with E-state index >= 15 is 0 Å². The Bertz CT molecular complexity index is 1070. The summed E-state index contributed by atoms with van der Waals surface area (Å²) in [6.07, 6.45) is -1.03. The molecule has 0 aliphatic carbocycles. The van der Waals surface area contributed by atoms with Gasteiger partial charge in [-0.1, -0.05) is 12.1 Å². The lowest BCUT2D eigenvalue weighted by atomic mass is 9.92. The maximum atomic E-state index is 12.8. The zero-order valence-electron chi connectivity index (χ0n) is 15.8. The molecule has 1 atom stereocenters. The van der Waals surface area contributed by atoms with E-state index in [2.05, 4.69) is 9.82 Å². The van der Waals surface area contributed by atoms with Crippen LogP contribution >= 0.6 is 0 Å². The Morgan fingerprint density at radius 1 is 1.30 bits per heavy atom. The number of aryl methyl sites for hydroxylation is 1. The molecule has 0 fully saturated rings. The average molecular weight is 417 g/mol. The van der Waals surface area contributed by atoms with Crippen molar-refractivity contribution >= 4 is 17.6 Å². The highest BCUT2D eigenvalue weighted by molar-refractivity contribution is 6.08. The Hall–Kier alpha value is -4.09. The molecule has 1 unspecified atom stereocenters. The SMILES string of the molecule is Cc1nc2c(c(-c3cccc([N+](=O)[O-])c3)c1C(=O)OCC(C)O[N+](=O)[O-])C(=O)OC2. The zero-order valence-corrected chi connectivity index (χ0v) is 15.8. The van der Waals surface area contributed by atoms with Gasteiger partial charge in [-0.2, -0.15) is 0 Å². The van der Waals surface area contributed by atoms with Crippen molar-refractivity contribution in [2.75, 3.05) is 6.61 Å². The number of hydrogen-bond donors (Lipinski definition) is 0. The van der Waals surface area contributed by atoms with Crippen molar-refractivity contribution in [2.24, 2.45) is 0 Å². The summed E-state index contributed by atoms with van der Waals surface area (Å²) in [4.78, 5) is 54.6. The molecular weight excluding hydrogens is 402 g/mol. The molecule has 0 saturated carbocycles. The molecule has 156 valence electrons. The van der Waals surface area contributed by atoms with Crippen LogP contribution in [0.1, 0.15) is 39.0 Å². The lowest BCUT2D eigenvalue weighted by Gasteiger charge is -2.16. The molecule has 3 rings (SSSR count). The number of benzene rings is 1. The molecule has 12 heteroatoms. The van der Waals surface area contributed by atoms with Crippen LogP contribution in [-0.4, -0.2) is 39.6 Å². The van der Waals surface area contributed by atoms with Gasteiger partial charge in [0.1, 0.15) is 19.3 Å². The van der Waals surface area contributed by atoms with Gasteiger partial charge in [-0.3, -0.25) is 15.1 Å². The summed E-state index contributed by atoms with van der Waals surface area (Å²) >= 11 is 0. The summed E-state index contributed by atoms with van der Waals surface area (Å²) in [7, 11) is 0. The van der Waals surface area contributed by atoms with Crippen molar-refractivity contribution in [3.8, 4) is 11.1 Å². The third-order valence-corrected chi connectivity index (χ3v) is 4.26. The van der Waals surface area contributed by atoms with Crippen molar-refractivity contribution < 1.29 is 33.9 Å². The van der Waals surface area contributed by atoms with Crippen LogP contribution in [0.2, 0.25) is 0 Å². The molecule has 0 saturated heterocycles. The van der Waals surface area contributed by atoms with Crippen LogP contribution in [0, 0.1) is 27.2 Å². The molecule has 12 nitrogen and oxygen atoms in total. The van der Waals surface area contributed by atoms with Crippen LogP contribution in [-0.2, 0) is 20.9 Å². The quantitative estimate of drug-likeness (QED) is 0.371. The number of rotatable bonds is 7. The van der Waals surface area contributed by atoms with Gasteiger partial charge in [-0.25, -0.2) is 9.59 Å². The fraction of sp³-hybridized carbons (Fsp3) is 0.278. The molecule has 0 spiro atoms. The van der Waals surface area contributed by atoms with E-state index in [1.807, 2.05) is 0 Å². The van der Waals surface area contributed by atoms with Crippen molar-refractivity contribution in [1.82, 2.24) is 4.98 Å². The number of cyclic esters (lactones) is 1. The van der Waals surface area contributed by atoms with Gasteiger partial charge in [0.2, 0.25) is 0 Å². The summed E-state index contributed by atoms with van der Waals surface area (Å²) in [6.45, 7) is 2.31. The first-order valence-electron chi connectivity index (χ1n) is 8.62. The van der Waals surface area contributed by atoms with Crippen LogP contribution in [0.25, 0.3) is 11.1 Å². The number of nitro groups is 1. The third kappa shape index (κ3) is 4.01. The molecule has 30 heavy (non-hydrogen) atoms. The predicted molar refractivity (Wildman–Crippen MR) is 98.0 cm³/mol. The number of hydrogen-bond acceptors (Lipinski definition) is 10. The monoisotopic (exact) mass is 417 g/mol. The average Bonchev–Trinajstić information content (AvgIpc) is 3.04. The van der Waals surface area contributed by atoms with Crippen LogP contribution in [0.3, 0.4) is 0 Å². The molecule has 0 amide bonds. The summed E-state index contributed by atoms with van der Waals surface area (Å²) in [5.41, 5.74) is 0.503. The van der Waals surface area contributed by atoms with E-state index < -0.39 is 34.7 Å². The summed E-state index contributed by atoms with van der Waals surface area (Å²) < 4.78 is 10.1. The Labute approximate surface area is 168 Å². The second-order valence-corrected chi connectivity index (χ2v) is 6.39. The first kappa shape index (κ1) is 20.6. The molecule has 1 aromatic carbocycles. The minimum atomic E-state index is -1.03. The molecule has 1 aliphatic heterocycles. The molecule has 2 heterocycles. The van der Waals surface area contributed by atoms with Crippen LogP contribution in [0.15, 0.2) is 24.3 Å². The van der Waals surface area contributed by atoms with Gasteiger partial charge in [0.25, 0.3) is 10.8 Å². The van der Waals surface area contributed by atoms with Crippen molar-refractivity contribution in [2.45, 2.75) is 26.6 Å². The van der Waals surface area contributed by atoms with E-state index in [0.717, 1.165) is 0 Å². The number of carbonyl (C=O) groups is 2. The number of fused-ring (bicyclic) bond motifs is 1. The number of pyridine rings is 1. The van der Waals surface area contributed by atoms with E-state index in [0.29, 0.717) is 5.69 Å². The fourth-order valence-electron chi connectivity index (χ4n) is 3.05. The van der Waals surface area contributed by atoms with Gasteiger partial charge in [0, 0.05) is 17.7 Å². The topological polar surface area (TPSA) is 161 Å². The van der Waals surface area contributed by atoms with Gasteiger partial charge in [-0.05, 0) is 19.4 Å². The highest BCUT2D eigenvalue weighted by atomic mass is 17.0. The van der Waals surface area contributed by atoms with Crippen molar-refractivity contribution in [1.29, 1.82) is 0 Å². The summed E-state index contributed by atoms with van der Waals surface area (Å²) in [6, 6.07) is 5.40. The number of carbonyl (C=O) groups excluding carboxylic acids is 2.